The molecule has 31 heavy (non-hydrogen) atoms. The third kappa shape index (κ3) is 8.21. The van der Waals surface area contributed by atoms with Crippen molar-refractivity contribution in [3.05, 3.63) is 47.0 Å². The van der Waals surface area contributed by atoms with Gasteiger partial charge < -0.3 is 15.5 Å². The minimum Gasteiger partial charge on any atom is -0.390 e. The molecule has 0 spiro atoms. The lowest BCUT2D eigenvalue weighted by Crippen LogP contribution is -2.49. The molecule has 1 aromatic carbocycles. The first-order valence-corrected chi connectivity index (χ1v) is 13.0. The van der Waals surface area contributed by atoms with Gasteiger partial charge in [-0.05, 0) is 25.3 Å². The highest BCUT2D eigenvalue weighted by Crippen LogP contribution is 2.18. The Balaban J connectivity index is 2.12. The average Bonchev–Trinajstić information content (AvgIpc) is 3.21. The van der Waals surface area contributed by atoms with Crippen LogP contribution in [-0.2, 0) is 16.4 Å². The highest BCUT2D eigenvalue weighted by molar-refractivity contribution is 7.92. The molecule has 2 rings (SSSR count). The topological polar surface area (TPSA) is 129 Å². The quantitative estimate of drug-likeness (QED) is 0.334. The summed E-state index contributed by atoms with van der Waals surface area (Å²) in [5, 5.41) is 25.5. The Labute approximate surface area is 187 Å². The van der Waals surface area contributed by atoms with E-state index in [1.54, 1.807) is 0 Å². The number of carbonyl (C=O) groups excluding carboxylic acids is 1. The Bertz CT molecular complexity index is 918. The van der Waals surface area contributed by atoms with E-state index in [-0.39, 0.29) is 16.6 Å². The molecule has 0 aliphatic heterocycles. The molecular weight excluding hydrogens is 438 g/mol. The molecule has 10 heteroatoms. The number of nitrogens with one attached hydrogen (secondary N) is 2. The summed E-state index contributed by atoms with van der Waals surface area (Å²) in [6.45, 7) is 3.56. The van der Waals surface area contributed by atoms with Gasteiger partial charge in [-0.25, -0.2) is 13.4 Å². The van der Waals surface area contributed by atoms with Gasteiger partial charge in [0.2, 0.25) is 10.0 Å². The lowest BCUT2D eigenvalue weighted by atomic mass is 9.95. The molecule has 0 aliphatic carbocycles. The molecule has 0 aliphatic rings. The van der Waals surface area contributed by atoms with Crippen molar-refractivity contribution < 1.29 is 23.4 Å². The van der Waals surface area contributed by atoms with E-state index in [1.807, 2.05) is 30.3 Å². The fourth-order valence-corrected chi connectivity index (χ4v) is 4.60. The van der Waals surface area contributed by atoms with Crippen LogP contribution in [-0.4, -0.2) is 53.5 Å². The molecule has 3 atom stereocenters. The molecule has 4 N–H and O–H groups in total. The summed E-state index contributed by atoms with van der Waals surface area (Å²) in [7, 11) is -3.49. The van der Waals surface area contributed by atoms with Crippen LogP contribution in [0, 0.1) is 0 Å². The first-order chi connectivity index (χ1) is 14.8. The number of aliphatic hydroxyl groups is 2. The van der Waals surface area contributed by atoms with E-state index in [4.69, 9.17) is 0 Å². The van der Waals surface area contributed by atoms with E-state index in [1.165, 1.54) is 12.3 Å². The van der Waals surface area contributed by atoms with Gasteiger partial charge >= 0.3 is 0 Å². The van der Waals surface area contributed by atoms with Gasteiger partial charge in [0, 0.05) is 5.38 Å². The van der Waals surface area contributed by atoms with Gasteiger partial charge in [0.25, 0.3) is 5.91 Å². The van der Waals surface area contributed by atoms with Gasteiger partial charge in [0.1, 0.15) is 11.8 Å². The number of unbranched alkanes of at least 4 members (excludes halogenated alkanes) is 2. The first kappa shape index (κ1) is 25.3. The van der Waals surface area contributed by atoms with Crippen molar-refractivity contribution in [1.29, 1.82) is 0 Å². The number of hydrogen-bond donors (Lipinski definition) is 4. The van der Waals surface area contributed by atoms with Crippen LogP contribution in [0.25, 0.3) is 0 Å². The predicted molar refractivity (Wildman–Crippen MR) is 123 cm³/mol. The zero-order valence-corrected chi connectivity index (χ0v) is 19.5. The van der Waals surface area contributed by atoms with Crippen LogP contribution in [0.1, 0.15) is 55.6 Å². The van der Waals surface area contributed by atoms with Gasteiger partial charge in [-0.3, -0.25) is 9.52 Å². The molecule has 1 aromatic heterocycles. The molecule has 0 bridgehead atoms. The fraction of sp³-hybridized carbons (Fsp3) is 0.524. The lowest BCUT2D eigenvalue weighted by Gasteiger charge is -2.28. The standard InChI is InChI=1S/C21H31N3O5S2/c1-3-5-7-12-18(25)19(26)16(13-15-10-8-6-9-11-15)22-20(27)17-14-30-21(23-17)24-31(28,29)4-2/h6,8-11,14,16,18-19,25-26H,3-5,7,12-13H2,1-2H3,(H,22,27)(H,23,24). The number of hydrogen-bond acceptors (Lipinski definition) is 7. The van der Waals surface area contributed by atoms with E-state index in [0.717, 1.165) is 36.2 Å². The maximum atomic E-state index is 12.7. The lowest BCUT2D eigenvalue weighted by molar-refractivity contribution is -0.00833. The molecule has 2 aromatic rings. The van der Waals surface area contributed by atoms with E-state index >= 15 is 0 Å². The molecule has 1 heterocycles. The minimum absolute atomic E-state index is 0.0459. The maximum absolute atomic E-state index is 12.7. The highest BCUT2D eigenvalue weighted by Gasteiger charge is 2.29. The molecule has 0 fully saturated rings. The monoisotopic (exact) mass is 469 g/mol. The van der Waals surface area contributed by atoms with Crippen LogP contribution < -0.4 is 10.0 Å². The summed E-state index contributed by atoms with van der Waals surface area (Å²) in [6.07, 6.45) is 1.39. The van der Waals surface area contributed by atoms with Crippen LogP contribution in [0.15, 0.2) is 35.7 Å². The predicted octanol–water partition coefficient (Wildman–Crippen LogP) is 2.55. The highest BCUT2D eigenvalue weighted by atomic mass is 32.2. The number of aromatic nitrogens is 1. The van der Waals surface area contributed by atoms with E-state index in [0.29, 0.717) is 12.8 Å². The molecule has 8 nitrogen and oxygen atoms in total. The number of thiazole rings is 1. The van der Waals surface area contributed by atoms with Crippen molar-refractivity contribution >= 4 is 32.4 Å². The van der Waals surface area contributed by atoms with Crippen LogP contribution in [0.4, 0.5) is 5.13 Å². The van der Waals surface area contributed by atoms with Gasteiger partial charge in [0.15, 0.2) is 5.13 Å². The molecule has 1 amide bonds. The van der Waals surface area contributed by atoms with Crippen molar-refractivity contribution in [2.45, 2.75) is 64.2 Å². The maximum Gasteiger partial charge on any atom is 0.271 e. The second kappa shape index (κ2) is 12.1. The van der Waals surface area contributed by atoms with E-state index < -0.39 is 34.2 Å². The second-order valence-corrected chi connectivity index (χ2v) is 10.2. The number of amides is 1. The average molecular weight is 470 g/mol. The van der Waals surface area contributed by atoms with Crippen molar-refractivity contribution in [1.82, 2.24) is 10.3 Å². The second-order valence-electron chi connectivity index (χ2n) is 7.37. The largest absolute Gasteiger partial charge is 0.390 e. The van der Waals surface area contributed by atoms with Gasteiger partial charge in [0.05, 0.1) is 17.9 Å². The molecule has 172 valence electrons. The molecular formula is C21H31N3O5S2. The van der Waals surface area contributed by atoms with Gasteiger partial charge in [-0.2, -0.15) is 0 Å². The first-order valence-electron chi connectivity index (χ1n) is 10.4. The summed E-state index contributed by atoms with van der Waals surface area (Å²) in [5.41, 5.74) is 0.951. The summed E-state index contributed by atoms with van der Waals surface area (Å²) >= 11 is 1.01. The third-order valence-corrected chi connectivity index (χ3v) is 7.04. The number of rotatable bonds is 13. The molecule has 0 radical (unpaired) electrons. The zero-order valence-electron chi connectivity index (χ0n) is 17.8. The summed E-state index contributed by atoms with van der Waals surface area (Å²) < 4.78 is 25.7. The van der Waals surface area contributed by atoms with Crippen LogP contribution in [0.2, 0.25) is 0 Å². The third-order valence-electron chi connectivity index (χ3n) is 4.88. The smallest absolute Gasteiger partial charge is 0.271 e. The van der Waals surface area contributed by atoms with Crippen molar-refractivity contribution in [2.75, 3.05) is 10.5 Å². The van der Waals surface area contributed by atoms with E-state index in [9.17, 15) is 23.4 Å². The van der Waals surface area contributed by atoms with Crippen LogP contribution in [0.5, 0.6) is 0 Å². The Hall–Kier alpha value is -2.01. The molecule has 3 unspecified atom stereocenters. The van der Waals surface area contributed by atoms with Crippen LogP contribution >= 0.6 is 11.3 Å². The number of carbonyl (C=O) groups is 1. The minimum atomic E-state index is -3.49. The normalized spacial score (nSPS) is 14.6. The SMILES string of the molecule is CCCCCC(O)C(O)C(Cc1ccccc1)NC(=O)c1csc(NS(=O)(=O)CC)n1. The Morgan fingerprint density at radius 1 is 1.16 bits per heavy atom. The van der Waals surface area contributed by atoms with Crippen LogP contribution in [0.3, 0.4) is 0 Å². The summed E-state index contributed by atoms with van der Waals surface area (Å²) in [4.78, 5) is 16.8. The number of nitrogens with zero attached hydrogens (tertiary/aromatic N) is 1. The van der Waals surface area contributed by atoms with Crippen molar-refractivity contribution in [3.8, 4) is 0 Å². The number of sulfonamides is 1. The number of benzene rings is 1. The zero-order chi connectivity index (χ0) is 22.9. The van der Waals surface area contributed by atoms with Gasteiger partial charge in [-0.1, -0.05) is 56.5 Å². The molecule has 0 saturated carbocycles. The summed E-state index contributed by atoms with van der Waals surface area (Å²) in [6, 6.07) is 8.65. The Morgan fingerprint density at radius 3 is 2.52 bits per heavy atom. The molecule has 0 saturated heterocycles. The Kier molecular flexibility index (Phi) is 9.89. The van der Waals surface area contributed by atoms with Crippen molar-refractivity contribution in [3.63, 3.8) is 0 Å². The van der Waals surface area contributed by atoms with E-state index in [2.05, 4.69) is 21.9 Å². The fourth-order valence-electron chi connectivity index (χ4n) is 3.04. The Morgan fingerprint density at radius 2 is 1.87 bits per heavy atom. The number of aliphatic hydroxyl groups excluding tert-OH is 2. The van der Waals surface area contributed by atoms with Gasteiger partial charge in [-0.15, -0.1) is 11.3 Å². The summed E-state index contributed by atoms with van der Waals surface area (Å²) in [5.74, 6) is -0.644. The number of anilines is 1. The van der Waals surface area contributed by atoms with Crippen molar-refractivity contribution in [2.24, 2.45) is 0 Å².